The number of rotatable bonds is 5. The average Bonchev–Trinajstić information content (AvgIpc) is 3.31. The second-order valence-electron chi connectivity index (χ2n) is 5.78. The lowest BCUT2D eigenvalue weighted by Crippen LogP contribution is -2.48. The number of aliphatic hydroxyl groups is 1. The summed E-state index contributed by atoms with van der Waals surface area (Å²) in [4.78, 5) is 25.9. The van der Waals surface area contributed by atoms with Crippen molar-refractivity contribution < 1.29 is 27.5 Å². The van der Waals surface area contributed by atoms with Gasteiger partial charge in [-0.05, 0) is 17.5 Å². The fourth-order valence-electron chi connectivity index (χ4n) is 2.66. The monoisotopic (exact) mass is 399 g/mol. The van der Waals surface area contributed by atoms with Crippen LogP contribution in [0, 0.1) is 0 Å². The van der Waals surface area contributed by atoms with Gasteiger partial charge in [0, 0.05) is 10.4 Å². The van der Waals surface area contributed by atoms with Gasteiger partial charge in [0.05, 0.1) is 38.4 Å². The number of nitrogens with one attached hydrogen (secondary N) is 1. The highest BCUT2D eigenvalue weighted by Gasteiger charge is 2.40. The zero-order valence-electron chi connectivity index (χ0n) is 13.8. The molecule has 2 aromatic rings. The average molecular weight is 399 g/mol. The normalized spacial score (nSPS) is 17.4. The maximum atomic E-state index is 12.4. The van der Waals surface area contributed by atoms with E-state index < -0.39 is 27.7 Å². The molecule has 11 heteroatoms. The molecule has 1 fully saturated rings. The lowest BCUT2D eigenvalue weighted by molar-refractivity contribution is 0.0836. The highest BCUT2D eigenvalue weighted by molar-refractivity contribution is 7.88. The number of hydrogen-bond donors (Lipinski definition) is 2. The van der Waals surface area contributed by atoms with Gasteiger partial charge in [-0.15, -0.1) is 11.3 Å². The predicted molar refractivity (Wildman–Crippen MR) is 93.1 cm³/mol. The molecule has 1 saturated heterocycles. The summed E-state index contributed by atoms with van der Waals surface area (Å²) in [5.41, 5.74) is -1.08. The fourth-order valence-corrected chi connectivity index (χ4v) is 4.30. The highest BCUT2D eigenvalue weighted by atomic mass is 32.2. The molecule has 1 aliphatic rings. The van der Waals surface area contributed by atoms with Crippen molar-refractivity contribution in [3.8, 4) is 0 Å². The Balaban J connectivity index is 1.75. The summed E-state index contributed by atoms with van der Waals surface area (Å²) >= 11 is 1.31. The summed E-state index contributed by atoms with van der Waals surface area (Å²) in [6, 6.07) is 3.38. The SMILES string of the molecule is CS(=O)(=O)N1CCN(C(=O)NC[C@](O)(c2ccoc2)c2cccs2)C1=O. The zero-order chi connectivity index (χ0) is 18.9. The van der Waals surface area contributed by atoms with Crippen molar-refractivity contribution in [3.05, 3.63) is 46.5 Å². The van der Waals surface area contributed by atoms with E-state index in [1.165, 1.54) is 23.9 Å². The van der Waals surface area contributed by atoms with Crippen molar-refractivity contribution in [1.29, 1.82) is 0 Å². The van der Waals surface area contributed by atoms with E-state index in [0.29, 0.717) is 14.7 Å². The van der Waals surface area contributed by atoms with Gasteiger partial charge in [0.25, 0.3) is 0 Å². The summed E-state index contributed by atoms with van der Waals surface area (Å²) < 4.78 is 28.7. The van der Waals surface area contributed by atoms with Crippen molar-refractivity contribution in [3.63, 3.8) is 0 Å². The summed E-state index contributed by atoms with van der Waals surface area (Å²) in [5.74, 6) is 0. The molecule has 0 spiro atoms. The van der Waals surface area contributed by atoms with Gasteiger partial charge in [-0.2, -0.15) is 0 Å². The van der Waals surface area contributed by atoms with Crippen LogP contribution in [0.15, 0.2) is 40.5 Å². The van der Waals surface area contributed by atoms with Crippen molar-refractivity contribution in [1.82, 2.24) is 14.5 Å². The molecule has 2 aromatic heterocycles. The molecule has 0 aliphatic carbocycles. The Labute approximate surface area is 153 Å². The smallest absolute Gasteiger partial charge is 0.341 e. The van der Waals surface area contributed by atoms with Gasteiger partial charge < -0.3 is 14.8 Å². The van der Waals surface area contributed by atoms with Gasteiger partial charge in [0.15, 0.2) is 0 Å². The summed E-state index contributed by atoms with van der Waals surface area (Å²) in [6.07, 6.45) is 3.68. The molecule has 0 radical (unpaired) electrons. The predicted octanol–water partition coefficient (Wildman–Crippen LogP) is 0.984. The topological polar surface area (TPSA) is 120 Å². The molecule has 1 aliphatic heterocycles. The number of imide groups is 1. The number of carbonyl (C=O) groups is 2. The van der Waals surface area contributed by atoms with Crippen molar-refractivity contribution in [2.75, 3.05) is 25.9 Å². The third-order valence-corrected chi connectivity index (χ3v) is 6.20. The summed E-state index contributed by atoms with van der Waals surface area (Å²) in [7, 11) is -3.73. The highest BCUT2D eigenvalue weighted by Crippen LogP contribution is 2.32. The number of carbonyl (C=O) groups excluding carboxylic acids is 2. The second-order valence-corrected chi connectivity index (χ2v) is 8.63. The van der Waals surface area contributed by atoms with Crippen LogP contribution in [0.5, 0.6) is 0 Å². The first-order valence-corrected chi connectivity index (χ1v) is 10.3. The molecule has 0 bridgehead atoms. The number of hydrogen-bond acceptors (Lipinski definition) is 7. The van der Waals surface area contributed by atoms with E-state index in [1.807, 2.05) is 0 Å². The van der Waals surface area contributed by atoms with E-state index in [2.05, 4.69) is 5.32 Å². The van der Waals surface area contributed by atoms with E-state index in [0.717, 1.165) is 11.2 Å². The third kappa shape index (κ3) is 3.32. The van der Waals surface area contributed by atoms with Gasteiger partial charge in [-0.1, -0.05) is 6.07 Å². The van der Waals surface area contributed by atoms with E-state index >= 15 is 0 Å². The number of sulfonamides is 1. The van der Waals surface area contributed by atoms with Gasteiger partial charge >= 0.3 is 12.1 Å². The second kappa shape index (κ2) is 6.74. The molecule has 0 aromatic carbocycles. The fraction of sp³-hybridized carbons (Fsp3) is 0.333. The Morgan fingerprint density at radius 2 is 2.19 bits per heavy atom. The minimum atomic E-state index is -3.73. The maximum Gasteiger partial charge on any atom is 0.341 e. The molecule has 0 saturated carbocycles. The minimum absolute atomic E-state index is 0.0547. The molecular formula is C15H17N3O6S2. The number of furan rings is 1. The standard InChI is InChI=1S/C15H17N3O6S2/c1-26(22,23)18-6-5-17(14(18)20)13(19)16-10-15(21,11-4-7-24-9-11)12-3-2-8-25-12/h2-4,7-9,21H,5-6,10H2,1H3,(H,16,19)/t15-/m0/s1. The van der Waals surface area contributed by atoms with Gasteiger partial charge in [-0.25, -0.2) is 27.2 Å². The summed E-state index contributed by atoms with van der Waals surface area (Å²) in [5, 5.41) is 15.4. The Morgan fingerprint density at radius 1 is 1.42 bits per heavy atom. The molecule has 26 heavy (non-hydrogen) atoms. The minimum Gasteiger partial charge on any atom is -0.472 e. The van der Waals surface area contributed by atoms with E-state index in [1.54, 1.807) is 23.6 Å². The zero-order valence-corrected chi connectivity index (χ0v) is 15.4. The Morgan fingerprint density at radius 3 is 2.73 bits per heavy atom. The largest absolute Gasteiger partial charge is 0.472 e. The quantitative estimate of drug-likeness (QED) is 0.773. The number of amides is 4. The number of urea groups is 2. The lowest BCUT2D eigenvalue weighted by atomic mass is 9.94. The number of thiophene rings is 1. The van der Waals surface area contributed by atoms with Gasteiger partial charge in [0.1, 0.15) is 5.60 Å². The molecule has 1 atom stereocenters. The van der Waals surface area contributed by atoms with Crippen LogP contribution in [0.2, 0.25) is 0 Å². The first-order valence-electron chi connectivity index (χ1n) is 7.59. The molecule has 3 heterocycles. The molecule has 140 valence electrons. The van der Waals surface area contributed by atoms with Crippen LogP contribution >= 0.6 is 11.3 Å². The lowest BCUT2D eigenvalue weighted by Gasteiger charge is -2.27. The van der Waals surface area contributed by atoms with Crippen molar-refractivity contribution in [2.45, 2.75) is 5.60 Å². The van der Waals surface area contributed by atoms with Gasteiger partial charge in [0.2, 0.25) is 10.0 Å². The number of nitrogens with zero attached hydrogens (tertiary/aromatic N) is 2. The summed E-state index contributed by atoms with van der Waals surface area (Å²) in [6.45, 7) is -0.364. The van der Waals surface area contributed by atoms with Crippen molar-refractivity contribution >= 4 is 33.4 Å². The van der Waals surface area contributed by atoms with Crippen LogP contribution in [0.1, 0.15) is 10.4 Å². The van der Waals surface area contributed by atoms with Crippen LogP contribution in [-0.2, 0) is 15.6 Å². The van der Waals surface area contributed by atoms with Crippen molar-refractivity contribution in [2.24, 2.45) is 0 Å². The first-order chi connectivity index (χ1) is 12.2. The van der Waals surface area contributed by atoms with Crippen LogP contribution in [0.25, 0.3) is 0 Å². The molecule has 9 nitrogen and oxygen atoms in total. The molecule has 0 unspecified atom stereocenters. The van der Waals surface area contributed by atoms with E-state index in [9.17, 15) is 23.1 Å². The van der Waals surface area contributed by atoms with Crippen LogP contribution < -0.4 is 5.32 Å². The Hall–Kier alpha value is -2.37. The van der Waals surface area contributed by atoms with Crippen LogP contribution in [0.4, 0.5) is 9.59 Å². The maximum absolute atomic E-state index is 12.4. The van der Waals surface area contributed by atoms with E-state index in [-0.39, 0.29) is 19.6 Å². The molecule has 2 N–H and O–H groups in total. The molecule has 3 rings (SSSR count). The molecular weight excluding hydrogens is 382 g/mol. The Bertz CT molecular complexity index is 858. The third-order valence-electron chi connectivity index (χ3n) is 4.04. The van der Waals surface area contributed by atoms with E-state index in [4.69, 9.17) is 4.42 Å². The van der Waals surface area contributed by atoms with Crippen LogP contribution in [-0.4, -0.2) is 60.7 Å². The first kappa shape index (κ1) is 18.4. The Kier molecular flexibility index (Phi) is 4.78. The van der Waals surface area contributed by atoms with Gasteiger partial charge in [-0.3, -0.25) is 0 Å². The molecule has 4 amide bonds. The van der Waals surface area contributed by atoms with Crippen LogP contribution in [0.3, 0.4) is 0 Å².